The van der Waals surface area contributed by atoms with Gasteiger partial charge in [-0.3, -0.25) is 4.99 Å². The molecule has 0 aromatic rings. The van der Waals surface area contributed by atoms with Gasteiger partial charge in [-0.1, -0.05) is 6.42 Å². The first-order chi connectivity index (χ1) is 12.3. The van der Waals surface area contributed by atoms with Crippen molar-refractivity contribution in [1.29, 1.82) is 0 Å². The van der Waals surface area contributed by atoms with E-state index >= 15 is 0 Å². The molecule has 1 heterocycles. The maximum absolute atomic E-state index is 11.5. The van der Waals surface area contributed by atoms with Gasteiger partial charge in [0.05, 0.1) is 0 Å². The van der Waals surface area contributed by atoms with E-state index in [9.17, 15) is 4.79 Å². The van der Waals surface area contributed by atoms with Crippen LogP contribution in [0.25, 0.3) is 0 Å². The van der Waals surface area contributed by atoms with E-state index in [4.69, 9.17) is 4.74 Å². The number of carbonyl (C=O) groups is 1. The van der Waals surface area contributed by atoms with Gasteiger partial charge in [-0.25, -0.2) is 4.79 Å². The van der Waals surface area contributed by atoms with Crippen LogP contribution < -0.4 is 16.0 Å². The van der Waals surface area contributed by atoms with Crippen LogP contribution in [0.4, 0.5) is 4.79 Å². The number of guanidine groups is 1. The second-order valence-electron chi connectivity index (χ2n) is 7.94. The minimum Gasteiger partial charge on any atom is -0.444 e. The van der Waals surface area contributed by atoms with Gasteiger partial charge in [-0.2, -0.15) is 0 Å². The van der Waals surface area contributed by atoms with Crippen LogP contribution in [0.2, 0.25) is 0 Å². The maximum Gasteiger partial charge on any atom is 0.407 e. The molecule has 1 rings (SSSR count). The Bertz CT molecular complexity index is 440. The van der Waals surface area contributed by atoms with Crippen LogP contribution in [0, 0.1) is 0 Å². The number of nitrogens with zero attached hydrogens (tertiary/aromatic N) is 2. The molecular weight excluding hydrogens is 457 g/mol. The molecule has 1 aliphatic heterocycles. The third kappa shape index (κ3) is 13.1. The number of hydrogen-bond donors (Lipinski definition) is 3. The quantitative estimate of drug-likeness (QED) is 0.208. The minimum atomic E-state index is -0.458. The van der Waals surface area contributed by atoms with E-state index in [1.165, 1.54) is 25.8 Å². The monoisotopic (exact) mass is 497 g/mol. The van der Waals surface area contributed by atoms with Crippen LogP contribution in [0.3, 0.4) is 0 Å². The summed E-state index contributed by atoms with van der Waals surface area (Å²) in [5.74, 6) is 0.814. The zero-order valence-corrected chi connectivity index (χ0v) is 20.1. The molecule has 7 nitrogen and oxygen atoms in total. The number of aliphatic imine (C=N–C) groups is 1. The Balaban J connectivity index is 0.00000676. The van der Waals surface area contributed by atoms with Crippen molar-refractivity contribution >= 4 is 36.0 Å². The molecule has 0 saturated carbocycles. The fourth-order valence-electron chi connectivity index (χ4n) is 3.00. The van der Waals surface area contributed by atoms with Gasteiger partial charge in [0.1, 0.15) is 5.60 Å². The molecule has 1 aliphatic rings. The Hall–Kier alpha value is -0.770. The summed E-state index contributed by atoms with van der Waals surface area (Å²) in [5.41, 5.74) is -0.458. The first-order valence-corrected chi connectivity index (χ1v) is 9.97. The lowest BCUT2D eigenvalue weighted by molar-refractivity contribution is 0.0527. The van der Waals surface area contributed by atoms with Crippen LogP contribution in [0.5, 0.6) is 0 Å². The third-order valence-corrected chi connectivity index (χ3v) is 4.39. The summed E-state index contributed by atoms with van der Waals surface area (Å²) in [7, 11) is 1.78. The van der Waals surface area contributed by atoms with Crippen LogP contribution in [-0.2, 0) is 4.74 Å². The van der Waals surface area contributed by atoms with E-state index in [1.807, 2.05) is 20.8 Å². The molecule has 1 atom stereocenters. The Kier molecular flexibility index (Phi) is 13.9. The Labute approximate surface area is 182 Å². The molecule has 0 radical (unpaired) electrons. The fourth-order valence-corrected chi connectivity index (χ4v) is 3.00. The number of piperidine rings is 1. The molecule has 1 saturated heterocycles. The molecular formula is C19H40IN5O2. The summed E-state index contributed by atoms with van der Waals surface area (Å²) in [5, 5.41) is 9.38. The van der Waals surface area contributed by atoms with Gasteiger partial charge in [0.15, 0.2) is 5.96 Å². The lowest BCUT2D eigenvalue weighted by atomic mass is 10.0. The van der Waals surface area contributed by atoms with Crippen LogP contribution in [-0.4, -0.2) is 68.4 Å². The van der Waals surface area contributed by atoms with Crippen molar-refractivity contribution in [2.75, 3.05) is 39.8 Å². The molecule has 8 heteroatoms. The lowest BCUT2D eigenvalue weighted by Crippen LogP contribution is -2.42. The smallest absolute Gasteiger partial charge is 0.407 e. The number of amides is 1. The molecule has 0 bridgehead atoms. The van der Waals surface area contributed by atoms with E-state index in [0.29, 0.717) is 6.54 Å². The molecule has 1 amide bonds. The highest BCUT2D eigenvalue weighted by molar-refractivity contribution is 14.0. The number of rotatable bonds is 8. The number of likely N-dealkylation sites (tertiary alicyclic amines) is 1. The number of halogens is 1. The van der Waals surface area contributed by atoms with E-state index in [0.717, 1.165) is 44.5 Å². The lowest BCUT2D eigenvalue weighted by Gasteiger charge is -2.33. The van der Waals surface area contributed by atoms with Crippen molar-refractivity contribution < 1.29 is 9.53 Å². The molecule has 1 fully saturated rings. The van der Waals surface area contributed by atoms with Crippen LogP contribution in [0.15, 0.2) is 4.99 Å². The second-order valence-corrected chi connectivity index (χ2v) is 7.94. The number of ether oxygens (including phenoxy) is 1. The predicted octanol–water partition coefficient (Wildman–Crippen LogP) is 2.95. The molecule has 0 aromatic heterocycles. The van der Waals surface area contributed by atoms with Gasteiger partial charge in [-0.05, 0) is 59.9 Å². The van der Waals surface area contributed by atoms with Crippen molar-refractivity contribution in [2.24, 2.45) is 4.99 Å². The summed E-state index contributed by atoms with van der Waals surface area (Å²) in [4.78, 5) is 18.4. The molecule has 0 aromatic carbocycles. The molecule has 160 valence electrons. The average Bonchev–Trinajstić information content (AvgIpc) is 2.56. The topological polar surface area (TPSA) is 78.0 Å². The fraction of sp³-hybridized carbons (Fsp3) is 0.895. The zero-order chi connectivity index (χ0) is 19.4. The van der Waals surface area contributed by atoms with Crippen molar-refractivity contribution in [1.82, 2.24) is 20.9 Å². The SMILES string of the molecule is CN=C(NCCCNC(=O)OC(C)(C)C)NCCCN1CCCCC1C.I. The summed E-state index contributed by atoms with van der Waals surface area (Å²) in [6.07, 6.45) is 5.59. The van der Waals surface area contributed by atoms with Crippen molar-refractivity contribution in [3.05, 3.63) is 0 Å². The van der Waals surface area contributed by atoms with Crippen molar-refractivity contribution in [3.8, 4) is 0 Å². The third-order valence-electron chi connectivity index (χ3n) is 4.39. The van der Waals surface area contributed by atoms with Gasteiger partial charge in [0, 0.05) is 39.3 Å². The highest BCUT2D eigenvalue weighted by Gasteiger charge is 2.17. The highest BCUT2D eigenvalue weighted by atomic mass is 127. The van der Waals surface area contributed by atoms with E-state index in [1.54, 1.807) is 7.05 Å². The summed E-state index contributed by atoms with van der Waals surface area (Å²) in [6, 6.07) is 0.721. The molecule has 1 unspecified atom stereocenters. The normalized spacial score (nSPS) is 18.4. The van der Waals surface area contributed by atoms with Gasteiger partial charge in [0.2, 0.25) is 0 Å². The molecule has 0 aliphatic carbocycles. The highest BCUT2D eigenvalue weighted by Crippen LogP contribution is 2.15. The Morgan fingerprint density at radius 2 is 1.74 bits per heavy atom. The van der Waals surface area contributed by atoms with Crippen molar-refractivity contribution in [2.45, 2.75) is 71.4 Å². The number of alkyl carbamates (subject to hydrolysis) is 1. The zero-order valence-electron chi connectivity index (χ0n) is 17.8. The summed E-state index contributed by atoms with van der Waals surface area (Å²) in [6.45, 7) is 12.5. The van der Waals surface area contributed by atoms with Gasteiger partial charge in [-0.15, -0.1) is 24.0 Å². The largest absolute Gasteiger partial charge is 0.444 e. The maximum atomic E-state index is 11.5. The van der Waals surface area contributed by atoms with E-state index < -0.39 is 5.60 Å². The Morgan fingerprint density at radius 3 is 2.33 bits per heavy atom. The second kappa shape index (κ2) is 14.3. The average molecular weight is 497 g/mol. The number of carbonyl (C=O) groups excluding carboxylic acids is 1. The van der Waals surface area contributed by atoms with Crippen LogP contribution >= 0.6 is 24.0 Å². The molecule has 27 heavy (non-hydrogen) atoms. The molecule has 3 N–H and O–H groups in total. The van der Waals surface area contributed by atoms with Crippen molar-refractivity contribution in [3.63, 3.8) is 0 Å². The van der Waals surface area contributed by atoms with E-state index in [-0.39, 0.29) is 30.1 Å². The standard InChI is InChI=1S/C19H39N5O2.HI/c1-16-10-6-7-14-24(16)15-9-13-22-17(20-5)21-11-8-12-23-18(25)26-19(2,3)4;/h16H,6-15H2,1-5H3,(H,23,25)(H2,20,21,22);1H. The summed E-state index contributed by atoms with van der Waals surface area (Å²) >= 11 is 0. The molecule has 0 spiro atoms. The first-order valence-electron chi connectivity index (χ1n) is 9.97. The van der Waals surface area contributed by atoms with E-state index in [2.05, 4.69) is 32.8 Å². The van der Waals surface area contributed by atoms with Gasteiger partial charge < -0.3 is 25.6 Å². The summed E-state index contributed by atoms with van der Waals surface area (Å²) < 4.78 is 5.20. The number of nitrogens with one attached hydrogen (secondary N) is 3. The minimum absolute atomic E-state index is 0. The number of hydrogen-bond acceptors (Lipinski definition) is 4. The first kappa shape index (κ1) is 26.2. The van der Waals surface area contributed by atoms with Gasteiger partial charge in [0.25, 0.3) is 0 Å². The Morgan fingerprint density at radius 1 is 1.11 bits per heavy atom. The van der Waals surface area contributed by atoms with Crippen LogP contribution in [0.1, 0.15) is 59.8 Å². The van der Waals surface area contributed by atoms with Gasteiger partial charge >= 0.3 is 6.09 Å². The predicted molar refractivity (Wildman–Crippen MR) is 123 cm³/mol.